The lowest BCUT2D eigenvalue weighted by atomic mass is 9.96. The molecule has 0 amide bonds. The summed E-state index contributed by atoms with van der Waals surface area (Å²) in [5.74, 6) is -0.0415. The molecule has 20 heavy (non-hydrogen) atoms. The van der Waals surface area contributed by atoms with E-state index in [9.17, 15) is 9.50 Å². The van der Waals surface area contributed by atoms with Gasteiger partial charge in [-0.2, -0.15) is 0 Å². The number of hydrogen-bond donors (Lipinski definition) is 2. The topological polar surface area (TPSA) is 55.5 Å². The maximum atomic E-state index is 13.9. The van der Waals surface area contributed by atoms with Gasteiger partial charge in [-0.05, 0) is 43.4 Å². The van der Waals surface area contributed by atoms with Gasteiger partial charge in [0, 0.05) is 0 Å². The Bertz CT molecular complexity index is 417. The highest BCUT2D eigenvalue weighted by Crippen LogP contribution is 2.32. The first kappa shape index (κ1) is 17.2. The van der Waals surface area contributed by atoms with Crippen LogP contribution >= 0.6 is 11.6 Å². The van der Waals surface area contributed by atoms with Gasteiger partial charge in [0.1, 0.15) is 0 Å². The minimum atomic E-state index is -0.717. The van der Waals surface area contributed by atoms with E-state index in [2.05, 4.69) is 13.8 Å². The lowest BCUT2D eigenvalue weighted by Crippen LogP contribution is -2.26. The average molecular weight is 304 g/mol. The minimum Gasteiger partial charge on any atom is -0.489 e. The van der Waals surface area contributed by atoms with E-state index in [4.69, 9.17) is 22.1 Å². The van der Waals surface area contributed by atoms with Gasteiger partial charge in [0.2, 0.25) is 0 Å². The number of halogens is 2. The van der Waals surface area contributed by atoms with Gasteiger partial charge in [-0.25, -0.2) is 4.39 Å². The van der Waals surface area contributed by atoms with E-state index < -0.39 is 18.0 Å². The van der Waals surface area contributed by atoms with Crippen molar-refractivity contribution in [1.29, 1.82) is 0 Å². The zero-order chi connectivity index (χ0) is 15.3. The molecule has 0 unspecified atom stereocenters. The number of benzene rings is 1. The van der Waals surface area contributed by atoms with Crippen LogP contribution in [0.5, 0.6) is 5.75 Å². The molecule has 0 saturated carbocycles. The Morgan fingerprint density at radius 3 is 2.50 bits per heavy atom. The number of rotatable bonds is 7. The molecular weight excluding hydrogens is 281 g/mol. The first-order chi connectivity index (χ1) is 9.36. The van der Waals surface area contributed by atoms with Crippen molar-refractivity contribution in [2.24, 2.45) is 11.7 Å². The fraction of sp³-hybridized carbons (Fsp3) is 0.600. The number of ether oxygens (including phenoxy) is 1. The second-order valence-corrected chi connectivity index (χ2v) is 5.72. The van der Waals surface area contributed by atoms with Crippen LogP contribution in [0.15, 0.2) is 12.1 Å². The average Bonchev–Trinajstić information content (AvgIpc) is 2.39. The van der Waals surface area contributed by atoms with Crippen molar-refractivity contribution in [3.8, 4) is 5.75 Å². The summed E-state index contributed by atoms with van der Waals surface area (Å²) in [4.78, 5) is 0. The smallest absolute Gasteiger partial charge is 0.173 e. The maximum Gasteiger partial charge on any atom is 0.173 e. The van der Waals surface area contributed by atoms with E-state index >= 15 is 0 Å². The molecular formula is C15H23ClFNO2. The predicted octanol–water partition coefficient (Wildman–Crippen LogP) is 3.67. The zero-order valence-electron chi connectivity index (χ0n) is 12.2. The Morgan fingerprint density at radius 2 is 2.00 bits per heavy atom. The van der Waals surface area contributed by atoms with E-state index in [1.807, 2.05) is 0 Å². The molecule has 0 bridgehead atoms. The molecule has 3 N–H and O–H groups in total. The fourth-order valence-corrected chi connectivity index (χ4v) is 2.23. The molecule has 0 aliphatic heterocycles. The standard InChI is InChI=1S/C15H23ClFNO2/c1-4-20-15-11(16)7-10(8-12(15)17)14(18)13(19)6-5-9(2)3/h7-9,13-14,19H,4-6,18H2,1-3H3/t13-,14+/m0/s1. The van der Waals surface area contributed by atoms with Crippen molar-refractivity contribution in [1.82, 2.24) is 0 Å². The highest BCUT2D eigenvalue weighted by molar-refractivity contribution is 6.32. The molecule has 0 aromatic heterocycles. The highest BCUT2D eigenvalue weighted by atomic mass is 35.5. The third kappa shape index (κ3) is 4.62. The van der Waals surface area contributed by atoms with Gasteiger partial charge < -0.3 is 15.6 Å². The summed E-state index contributed by atoms with van der Waals surface area (Å²) in [6, 6.07) is 2.18. The van der Waals surface area contributed by atoms with Crippen LogP contribution < -0.4 is 10.5 Å². The van der Waals surface area contributed by atoms with Crippen LogP contribution in [0.2, 0.25) is 5.02 Å². The molecule has 2 atom stereocenters. The van der Waals surface area contributed by atoms with E-state index in [1.165, 1.54) is 6.07 Å². The molecule has 3 nitrogen and oxygen atoms in total. The zero-order valence-corrected chi connectivity index (χ0v) is 13.0. The Kier molecular flexibility index (Phi) is 6.72. The number of aliphatic hydroxyl groups excluding tert-OH is 1. The van der Waals surface area contributed by atoms with Gasteiger partial charge in [-0.3, -0.25) is 0 Å². The fourth-order valence-electron chi connectivity index (χ4n) is 1.96. The minimum absolute atomic E-state index is 0.0294. The van der Waals surface area contributed by atoms with E-state index in [-0.39, 0.29) is 10.8 Å². The van der Waals surface area contributed by atoms with Crippen LogP contribution in [0.25, 0.3) is 0 Å². The van der Waals surface area contributed by atoms with Crippen LogP contribution in [0.4, 0.5) is 4.39 Å². The first-order valence-corrected chi connectivity index (χ1v) is 7.30. The van der Waals surface area contributed by atoms with Crippen LogP contribution in [-0.2, 0) is 0 Å². The molecule has 0 saturated heterocycles. The number of hydrogen-bond acceptors (Lipinski definition) is 3. The second kappa shape index (κ2) is 7.81. The molecule has 1 rings (SSSR count). The van der Waals surface area contributed by atoms with Crippen molar-refractivity contribution in [3.63, 3.8) is 0 Å². The van der Waals surface area contributed by atoms with Crippen LogP contribution in [0.3, 0.4) is 0 Å². The Morgan fingerprint density at radius 1 is 1.35 bits per heavy atom. The van der Waals surface area contributed by atoms with E-state index in [0.29, 0.717) is 24.5 Å². The summed E-state index contributed by atoms with van der Waals surface area (Å²) in [5.41, 5.74) is 6.45. The van der Waals surface area contributed by atoms with Gasteiger partial charge >= 0.3 is 0 Å². The SMILES string of the molecule is CCOc1c(F)cc([C@@H](N)[C@@H](O)CCC(C)C)cc1Cl. The summed E-state index contributed by atoms with van der Waals surface area (Å²) in [6.45, 7) is 6.24. The van der Waals surface area contributed by atoms with Gasteiger partial charge in [0.05, 0.1) is 23.8 Å². The van der Waals surface area contributed by atoms with Crippen molar-refractivity contribution in [2.45, 2.75) is 45.8 Å². The summed E-state index contributed by atoms with van der Waals surface area (Å²) in [6.07, 6.45) is 0.721. The van der Waals surface area contributed by atoms with Crippen LogP contribution in [0.1, 0.15) is 45.2 Å². The van der Waals surface area contributed by atoms with Crippen molar-refractivity contribution >= 4 is 11.6 Å². The quantitative estimate of drug-likeness (QED) is 0.808. The summed E-state index contributed by atoms with van der Waals surface area (Å²) >= 11 is 5.99. The van der Waals surface area contributed by atoms with Crippen molar-refractivity contribution in [2.75, 3.05) is 6.61 Å². The molecule has 0 fully saturated rings. The Balaban J connectivity index is 2.85. The lowest BCUT2D eigenvalue weighted by molar-refractivity contribution is 0.128. The molecule has 0 radical (unpaired) electrons. The molecule has 0 aliphatic carbocycles. The molecule has 0 aliphatic rings. The maximum absolute atomic E-state index is 13.9. The van der Waals surface area contributed by atoms with Crippen molar-refractivity contribution < 1.29 is 14.2 Å². The molecule has 5 heteroatoms. The monoisotopic (exact) mass is 303 g/mol. The van der Waals surface area contributed by atoms with Gasteiger partial charge in [0.15, 0.2) is 11.6 Å². The summed E-state index contributed by atoms with van der Waals surface area (Å²) in [7, 11) is 0. The van der Waals surface area contributed by atoms with Crippen LogP contribution in [-0.4, -0.2) is 17.8 Å². The highest BCUT2D eigenvalue weighted by Gasteiger charge is 2.20. The number of aliphatic hydroxyl groups is 1. The first-order valence-electron chi connectivity index (χ1n) is 6.92. The van der Waals surface area contributed by atoms with Gasteiger partial charge in [-0.1, -0.05) is 25.4 Å². The molecule has 1 aromatic carbocycles. The Hall–Kier alpha value is -0.840. The third-order valence-corrected chi connectivity index (χ3v) is 3.43. The number of nitrogens with two attached hydrogens (primary N) is 1. The Labute approximate surface area is 124 Å². The summed E-state index contributed by atoms with van der Waals surface area (Å²) < 4.78 is 19.0. The molecule has 0 heterocycles. The second-order valence-electron chi connectivity index (χ2n) is 5.31. The van der Waals surface area contributed by atoms with Crippen molar-refractivity contribution in [3.05, 3.63) is 28.5 Å². The van der Waals surface area contributed by atoms with E-state index in [0.717, 1.165) is 6.42 Å². The molecule has 1 aromatic rings. The summed E-state index contributed by atoms with van der Waals surface area (Å²) in [5, 5.41) is 10.2. The molecule has 0 spiro atoms. The predicted molar refractivity (Wildman–Crippen MR) is 79.6 cm³/mol. The van der Waals surface area contributed by atoms with Crippen LogP contribution in [0, 0.1) is 11.7 Å². The van der Waals surface area contributed by atoms with Gasteiger partial charge in [-0.15, -0.1) is 0 Å². The largest absolute Gasteiger partial charge is 0.489 e. The molecule has 114 valence electrons. The van der Waals surface area contributed by atoms with E-state index in [1.54, 1.807) is 13.0 Å². The third-order valence-electron chi connectivity index (χ3n) is 3.15. The normalized spacial score (nSPS) is 14.4. The van der Waals surface area contributed by atoms with Gasteiger partial charge in [0.25, 0.3) is 0 Å². The lowest BCUT2D eigenvalue weighted by Gasteiger charge is -2.21.